The van der Waals surface area contributed by atoms with Crippen molar-refractivity contribution in [3.8, 4) is 0 Å². The quantitative estimate of drug-likeness (QED) is 0.613. The van der Waals surface area contributed by atoms with Crippen LogP contribution in [0.1, 0.15) is 61.4 Å². The predicted octanol–water partition coefficient (Wildman–Crippen LogP) is 2.87. The number of amides is 1. The van der Waals surface area contributed by atoms with Gasteiger partial charge < -0.3 is 14.2 Å². The number of aromatic nitrogens is 1. The van der Waals surface area contributed by atoms with Gasteiger partial charge in [0.05, 0.1) is 25.0 Å². The van der Waals surface area contributed by atoms with Crippen LogP contribution in [0.25, 0.3) is 0 Å². The van der Waals surface area contributed by atoms with Crippen LogP contribution in [0.3, 0.4) is 0 Å². The van der Waals surface area contributed by atoms with E-state index in [1.165, 1.54) is 11.8 Å². The number of nitrogens with zero attached hydrogens (tertiary/aromatic N) is 1. The third kappa shape index (κ3) is 5.50. The highest BCUT2D eigenvalue weighted by Gasteiger charge is 2.26. The molecule has 0 fully saturated rings. The molecule has 0 radical (unpaired) electrons. The molecule has 0 aromatic carbocycles. The monoisotopic (exact) mass is 368 g/mol. The molecule has 26 heavy (non-hydrogen) atoms. The van der Waals surface area contributed by atoms with Crippen molar-refractivity contribution in [1.82, 2.24) is 4.68 Å². The third-order valence-electron chi connectivity index (χ3n) is 3.66. The molecular weight excluding hydrogens is 340 g/mol. The molecule has 8 nitrogen and oxygen atoms in total. The van der Waals surface area contributed by atoms with Crippen molar-refractivity contribution >= 4 is 18.0 Å². The first kappa shape index (κ1) is 21.5. The minimum Gasteiger partial charge on any atom is -0.469 e. The molecule has 0 aliphatic rings. The van der Waals surface area contributed by atoms with Crippen LogP contribution in [0.15, 0.2) is 0 Å². The summed E-state index contributed by atoms with van der Waals surface area (Å²) in [7, 11) is 1.31. The highest BCUT2D eigenvalue weighted by molar-refractivity contribution is 5.93. The molecule has 0 unspecified atom stereocenters. The Morgan fingerprint density at radius 3 is 2.23 bits per heavy atom. The van der Waals surface area contributed by atoms with Gasteiger partial charge in [-0.15, -0.1) is 0 Å². The van der Waals surface area contributed by atoms with E-state index in [2.05, 4.69) is 10.2 Å². The van der Waals surface area contributed by atoms with Crippen LogP contribution < -0.4 is 5.43 Å². The van der Waals surface area contributed by atoms with E-state index in [0.29, 0.717) is 22.5 Å². The van der Waals surface area contributed by atoms with Gasteiger partial charge in [0.25, 0.3) is 0 Å². The molecule has 0 atom stereocenters. The van der Waals surface area contributed by atoms with Gasteiger partial charge in [-0.25, -0.2) is 15.0 Å². The molecule has 1 rings (SSSR count). The Hall–Kier alpha value is -2.51. The van der Waals surface area contributed by atoms with Gasteiger partial charge in [0.2, 0.25) is 0 Å². The molecule has 146 valence electrons. The van der Waals surface area contributed by atoms with Gasteiger partial charge in [0, 0.05) is 12.1 Å². The summed E-state index contributed by atoms with van der Waals surface area (Å²) in [6, 6.07) is 0. The van der Waals surface area contributed by atoms with E-state index in [-0.39, 0.29) is 25.4 Å². The van der Waals surface area contributed by atoms with E-state index in [1.807, 2.05) is 0 Å². The molecule has 0 spiro atoms. The molecule has 8 heteroatoms. The van der Waals surface area contributed by atoms with Gasteiger partial charge in [-0.3, -0.25) is 9.47 Å². The summed E-state index contributed by atoms with van der Waals surface area (Å²) in [5.74, 6) is -0.887. The normalized spacial score (nSPS) is 11.0. The lowest BCUT2D eigenvalue weighted by atomic mass is 10.0. The number of methoxy groups -OCH3 is 1. The van der Waals surface area contributed by atoms with Crippen LogP contribution >= 0.6 is 0 Å². The van der Waals surface area contributed by atoms with Crippen LogP contribution in [-0.2, 0) is 25.4 Å². The minimum atomic E-state index is -0.656. The van der Waals surface area contributed by atoms with Crippen molar-refractivity contribution in [2.75, 3.05) is 19.1 Å². The Bertz CT molecular complexity index is 685. The fourth-order valence-electron chi connectivity index (χ4n) is 2.57. The van der Waals surface area contributed by atoms with Gasteiger partial charge in [-0.2, -0.15) is 0 Å². The van der Waals surface area contributed by atoms with Gasteiger partial charge in [0.15, 0.2) is 0 Å². The summed E-state index contributed by atoms with van der Waals surface area (Å²) in [4.78, 5) is 36.0. The van der Waals surface area contributed by atoms with E-state index < -0.39 is 17.7 Å². The van der Waals surface area contributed by atoms with Crippen LogP contribution in [0, 0.1) is 13.8 Å². The maximum Gasteiger partial charge on any atom is 0.426 e. The average molecular weight is 368 g/mol. The minimum absolute atomic E-state index is 0.111. The van der Waals surface area contributed by atoms with Gasteiger partial charge >= 0.3 is 18.0 Å². The maximum absolute atomic E-state index is 12.4. The van der Waals surface area contributed by atoms with Crippen LogP contribution in [0.2, 0.25) is 0 Å². The van der Waals surface area contributed by atoms with Crippen LogP contribution in [0.5, 0.6) is 0 Å². The molecule has 0 aliphatic heterocycles. The molecule has 1 N–H and O–H groups in total. The Morgan fingerprint density at radius 1 is 1.12 bits per heavy atom. The van der Waals surface area contributed by atoms with Gasteiger partial charge in [-0.05, 0) is 53.5 Å². The van der Waals surface area contributed by atoms with Crippen molar-refractivity contribution in [3.05, 3.63) is 22.5 Å². The summed E-state index contributed by atoms with van der Waals surface area (Å²) in [5.41, 5.74) is 4.07. The first-order valence-electron chi connectivity index (χ1n) is 8.46. The zero-order valence-electron chi connectivity index (χ0n) is 16.5. The largest absolute Gasteiger partial charge is 0.469 e. The Labute approximate surface area is 153 Å². The molecular formula is C18H28N2O6. The molecule has 1 heterocycles. The van der Waals surface area contributed by atoms with E-state index in [1.54, 1.807) is 41.5 Å². The second-order valence-corrected chi connectivity index (χ2v) is 6.77. The maximum atomic E-state index is 12.4. The van der Waals surface area contributed by atoms with Crippen molar-refractivity contribution < 1.29 is 28.6 Å². The number of carbonyl (C=O) groups excluding carboxylic acids is 3. The Kier molecular flexibility index (Phi) is 7.23. The van der Waals surface area contributed by atoms with Crippen molar-refractivity contribution in [1.29, 1.82) is 0 Å². The highest BCUT2D eigenvalue weighted by atomic mass is 16.6. The predicted molar refractivity (Wildman–Crippen MR) is 95.8 cm³/mol. The molecule has 0 bridgehead atoms. The summed E-state index contributed by atoms with van der Waals surface area (Å²) in [5, 5.41) is 0. The number of hydrogen-bond acceptors (Lipinski definition) is 6. The van der Waals surface area contributed by atoms with Crippen LogP contribution in [-0.4, -0.2) is 42.0 Å². The zero-order valence-corrected chi connectivity index (χ0v) is 16.5. The van der Waals surface area contributed by atoms with Gasteiger partial charge in [-0.1, -0.05) is 0 Å². The summed E-state index contributed by atoms with van der Waals surface area (Å²) < 4.78 is 16.5. The summed E-state index contributed by atoms with van der Waals surface area (Å²) in [6.45, 7) is 10.6. The highest BCUT2D eigenvalue weighted by Crippen LogP contribution is 2.24. The lowest BCUT2D eigenvalue weighted by molar-refractivity contribution is -0.140. The topological polar surface area (TPSA) is 95.9 Å². The number of nitrogens with one attached hydrogen (secondary N) is 1. The van der Waals surface area contributed by atoms with Crippen LogP contribution in [0.4, 0.5) is 4.79 Å². The molecule has 0 saturated carbocycles. The molecule has 1 aromatic rings. The molecule has 1 aromatic heterocycles. The number of hydrogen-bond donors (Lipinski definition) is 1. The zero-order chi connectivity index (χ0) is 20.1. The Balaban J connectivity index is 3.24. The standard InChI is InChI=1S/C18H28N2O6/c1-8-25-16(22)15-12(3)20(19-17(23)26-18(4,5)6)11(2)13(15)9-10-14(21)24-7/h8-10H2,1-7H3,(H,19,23). The fraction of sp³-hybridized carbons (Fsp3) is 0.611. The smallest absolute Gasteiger partial charge is 0.426 e. The van der Waals surface area contributed by atoms with Crippen molar-refractivity contribution in [2.45, 2.75) is 60.0 Å². The first-order chi connectivity index (χ1) is 12.0. The molecule has 1 amide bonds. The average Bonchev–Trinajstić information content (AvgIpc) is 2.75. The fourth-order valence-corrected chi connectivity index (χ4v) is 2.57. The third-order valence-corrected chi connectivity index (χ3v) is 3.66. The van der Waals surface area contributed by atoms with Crippen molar-refractivity contribution in [3.63, 3.8) is 0 Å². The lowest BCUT2D eigenvalue weighted by Gasteiger charge is -2.21. The van der Waals surface area contributed by atoms with E-state index >= 15 is 0 Å². The molecule has 0 saturated heterocycles. The van der Waals surface area contributed by atoms with Gasteiger partial charge in [0.1, 0.15) is 5.60 Å². The number of carbonyl (C=O) groups is 3. The van der Waals surface area contributed by atoms with E-state index in [4.69, 9.17) is 9.47 Å². The lowest BCUT2D eigenvalue weighted by Crippen LogP contribution is -2.32. The number of esters is 2. The Morgan fingerprint density at radius 2 is 1.73 bits per heavy atom. The summed E-state index contributed by atoms with van der Waals surface area (Å²) >= 11 is 0. The number of rotatable bonds is 6. The second-order valence-electron chi connectivity index (χ2n) is 6.77. The summed E-state index contributed by atoms with van der Waals surface area (Å²) in [6.07, 6.45) is -0.246. The number of ether oxygens (including phenoxy) is 3. The van der Waals surface area contributed by atoms with E-state index in [9.17, 15) is 14.4 Å². The van der Waals surface area contributed by atoms with E-state index in [0.717, 1.165) is 0 Å². The molecule has 0 aliphatic carbocycles. The van der Waals surface area contributed by atoms with Crippen molar-refractivity contribution in [2.24, 2.45) is 0 Å². The second kappa shape index (κ2) is 8.73. The SMILES string of the molecule is CCOC(=O)c1c(CCC(=O)OC)c(C)n(NC(=O)OC(C)(C)C)c1C. The first-order valence-corrected chi connectivity index (χ1v) is 8.46.